The van der Waals surface area contributed by atoms with E-state index in [1.54, 1.807) is 25.1 Å². The summed E-state index contributed by atoms with van der Waals surface area (Å²) in [6, 6.07) is 17.9. The Morgan fingerprint density at radius 3 is 2.24 bits per heavy atom. The highest BCUT2D eigenvalue weighted by Crippen LogP contribution is 2.22. The molecule has 0 aliphatic carbocycles. The Labute approximate surface area is 144 Å². The quantitative estimate of drug-likeness (QED) is 0.767. The smallest absolute Gasteiger partial charge is 0.260 e. The summed E-state index contributed by atoms with van der Waals surface area (Å²) in [4.78, 5) is 27.2. The Morgan fingerprint density at radius 1 is 0.960 bits per heavy atom. The summed E-state index contributed by atoms with van der Waals surface area (Å²) < 4.78 is 13.2. The molecule has 0 fully saturated rings. The first kappa shape index (κ1) is 16.6. The van der Waals surface area contributed by atoms with Gasteiger partial charge in [-0.25, -0.2) is 4.39 Å². The molecule has 1 heterocycles. The van der Waals surface area contributed by atoms with Crippen molar-refractivity contribution in [3.8, 4) is 0 Å². The highest BCUT2D eigenvalue weighted by Gasteiger charge is 2.19. The molecule has 0 aliphatic heterocycles. The summed E-state index contributed by atoms with van der Waals surface area (Å²) in [7, 11) is 0. The van der Waals surface area contributed by atoms with E-state index in [1.807, 2.05) is 30.3 Å². The van der Waals surface area contributed by atoms with Crippen LogP contribution in [0.3, 0.4) is 0 Å². The van der Waals surface area contributed by atoms with Crippen LogP contribution in [-0.4, -0.2) is 10.9 Å². The molecule has 0 unspecified atom stereocenters. The lowest BCUT2D eigenvalue weighted by molar-refractivity contribution is 0.0941. The van der Waals surface area contributed by atoms with Crippen LogP contribution in [0.1, 0.15) is 33.2 Å². The molecule has 0 bridgehead atoms. The maximum atomic E-state index is 13.2. The zero-order chi connectivity index (χ0) is 17.8. The molecule has 1 atom stereocenters. The van der Waals surface area contributed by atoms with E-state index < -0.39 is 17.5 Å². The molecule has 25 heavy (non-hydrogen) atoms. The lowest BCUT2D eigenvalue weighted by Gasteiger charge is -2.20. The van der Waals surface area contributed by atoms with Gasteiger partial charge in [0.2, 0.25) is 0 Å². The fraction of sp³-hybridized carbons (Fsp3) is 0.100. The number of H-pyrrole nitrogens is 1. The van der Waals surface area contributed by atoms with Crippen LogP contribution < -0.4 is 10.9 Å². The Balaban J connectivity index is 1.96. The third-order valence-electron chi connectivity index (χ3n) is 3.91. The van der Waals surface area contributed by atoms with Gasteiger partial charge in [-0.15, -0.1) is 0 Å². The monoisotopic (exact) mass is 336 g/mol. The number of pyridine rings is 1. The van der Waals surface area contributed by atoms with E-state index in [0.717, 1.165) is 11.1 Å². The van der Waals surface area contributed by atoms with Gasteiger partial charge in [-0.05, 0) is 42.3 Å². The fourth-order valence-corrected chi connectivity index (χ4v) is 2.62. The first-order valence-corrected chi connectivity index (χ1v) is 7.86. The number of aromatic amines is 1. The van der Waals surface area contributed by atoms with E-state index in [-0.39, 0.29) is 11.4 Å². The number of carbonyl (C=O) groups is 1. The van der Waals surface area contributed by atoms with Gasteiger partial charge in [0.05, 0.1) is 6.04 Å². The zero-order valence-corrected chi connectivity index (χ0v) is 13.6. The second-order valence-corrected chi connectivity index (χ2v) is 5.75. The van der Waals surface area contributed by atoms with Gasteiger partial charge in [-0.2, -0.15) is 0 Å². The molecule has 3 rings (SSSR count). The van der Waals surface area contributed by atoms with Crippen molar-refractivity contribution < 1.29 is 9.18 Å². The van der Waals surface area contributed by atoms with Crippen molar-refractivity contribution in [1.82, 2.24) is 10.3 Å². The standard InChI is InChI=1S/C20H17FN2O2/c1-13-7-12-17(19(24)22-13)20(25)23-18(14-5-3-2-4-6-14)15-8-10-16(21)11-9-15/h2-12,18H,1H3,(H,22,24)(H,23,25)/t18-/m1/s1. The summed E-state index contributed by atoms with van der Waals surface area (Å²) in [6.07, 6.45) is 0. The second-order valence-electron chi connectivity index (χ2n) is 5.75. The van der Waals surface area contributed by atoms with Gasteiger partial charge in [0.25, 0.3) is 11.5 Å². The Morgan fingerprint density at radius 2 is 1.60 bits per heavy atom. The highest BCUT2D eigenvalue weighted by molar-refractivity contribution is 5.94. The number of aryl methyl sites for hydroxylation is 1. The predicted molar refractivity (Wildman–Crippen MR) is 94.0 cm³/mol. The van der Waals surface area contributed by atoms with E-state index in [2.05, 4.69) is 10.3 Å². The third kappa shape index (κ3) is 3.83. The van der Waals surface area contributed by atoms with Crippen molar-refractivity contribution in [2.45, 2.75) is 13.0 Å². The molecule has 0 saturated heterocycles. The molecule has 126 valence electrons. The number of rotatable bonds is 4. The minimum atomic E-state index is -0.491. The fourth-order valence-electron chi connectivity index (χ4n) is 2.62. The third-order valence-corrected chi connectivity index (χ3v) is 3.91. The highest BCUT2D eigenvalue weighted by atomic mass is 19.1. The van der Waals surface area contributed by atoms with Crippen LogP contribution >= 0.6 is 0 Å². The minimum Gasteiger partial charge on any atom is -0.341 e. The first-order chi connectivity index (χ1) is 12.0. The molecule has 3 aromatic rings. The molecule has 5 heteroatoms. The van der Waals surface area contributed by atoms with Crippen LogP contribution in [0, 0.1) is 12.7 Å². The van der Waals surface area contributed by atoms with Gasteiger partial charge in [0, 0.05) is 5.69 Å². The number of halogens is 1. The molecule has 1 amide bonds. The van der Waals surface area contributed by atoms with Crippen molar-refractivity contribution in [1.29, 1.82) is 0 Å². The second kappa shape index (κ2) is 7.13. The summed E-state index contributed by atoms with van der Waals surface area (Å²) in [5.74, 6) is -0.837. The van der Waals surface area contributed by atoms with Crippen molar-refractivity contribution in [2.75, 3.05) is 0 Å². The molecular weight excluding hydrogens is 319 g/mol. The van der Waals surface area contributed by atoms with Crippen LogP contribution in [0.5, 0.6) is 0 Å². The summed E-state index contributed by atoms with van der Waals surface area (Å²) in [5.41, 5.74) is 1.84. The maximum absolute atomic E-state index is 13.2. The van der Waals surface area contributed by atoms with Crippen molar-refractivity contribution in [3.63, 3.8) is 0 Å². The molecule has 0 saturated carbocycles. The molecule has 0 spiro atoms. The van der Waals surface area contributed by atoms with E-state index >= 15 is 0 Å². The van der Waals surface area contributed by atoms with Crippen molar-refractivity contribution in [3.05, 3.63) is 105 Å². The average Bonchev–Trinajstić information content (AvgIpc) is 2.61. The molecule has 4 nitrogen and oxygen atoms in total. The van der Waals surface area contributed by atoms with Crippen LogP contribution in [-0.2, 0) is 0 Å². The van der Waals surface area contributed by atoms with E-state index in [9.17, 15) is 14.0 Å². The van der Waals surface area contributed by atoms with Crippen LogP contribution in [0.2, 0.25) is 0 Å². The summed E-state index contributed by atoms with van der Waals surface area (Å²) in [6.45, 7) is 1.74. The number of hydrogen-bond donors (Lipinski definition) is 2. The lowest BCUT2D eigenvalue weighted by atomic mass is 9.98. The number of amides is 1. The Bertz CT molecular complexity index is 934. The van der Waals surface area contributed by atoms with Gasteiger partial charge >= 0.3 is 0 Å². The van der Waals surface area contributed by atoms with Crippen molar-refractivity contribution in [2.24, 2.45) is 0 Å². The minimum absolute atomic E-state index is 0.0358. The normalized spacial score (nSPS) is 11.8. The number of hydrogen-bond acceptors (Lipinski definition) is 2. The number of benzene rings is 2. The van der Waals surface area contributed by atoms with Crippen LogP contribution in [0.4, 0.5) is 4.39 Å². The van der Waals surface area contributed by atoms with Gasteiger partial charge in [-0.1, -0.05) is 42.5 Å². The first-order valence-electron chi connectivity index (χ1n) is 7.86. The number of nitrogens with one attached hydrogen (secondary N) is 2. The summed E-state index contributed by atoms with van der Waals surface area (Å²) in [5, 5.41) is 2.86. The average molecular weight is 336 g/mol. The molecule has 0 radical (unpaired) electrons. The van der Waals surface area contributed by atoms with Gasteiger partial charge in [-0.3, -0.25) is 9.59 Å². The molecule has 0 aliphatic rings. The molecule has 2 aromatic carbocycles. The van der Waals surface area contributed by atoms with Gasteiger partial charge < -0.3 is 10.3 Å². The maximum Gasteiger partial charge on any atom is 0.260 e. The molecular formula is C20H17FN2O2. The summed E-state index contributed by atoms with van der Waals surface area (Å²) >= 11 is 0. The Kier molecular flexibility index (Phi) is 4.75. The lowest BCUT2D eigenvalue weighted by Crippen LogP contribution is -2.33. The number of carbonyl (C=O) groups excluding carboxylic acids is 1. The van der Waals surface area contributed by atoms with Crippen molar-refractivity contribution >= 4 is 5.91 Å². The van der Waals surface area contributed by atoms with E-state index in [4.69, 9.17) is 0 Å². The molecule has 2 N–H and O–H groups in total. The van der Waals surface area contributed by atoms with E-state index in [1.165, 1.54) is 18.2 Å². The van der Waals surface area contributed by atoms with Gasteiger partial charge in [0.15, 0.2) is 0 Å². The van der Waals surface area contributed by atoms with Crippen LogP contribution in [0.15, 0.2) is 71.5 Å². The SMILES string of the molecule is Cc1ccc(C(=O)N[C@H](c2ccccc2)c2ccc(F)cc2)c(=O)[nH]1. The zero-order valence-electron chi connectivity index (χ0n) is 13.6. The number of aromatic nitrogens is 1. The Hall–Kier alpha value is -3.21. The van der Waals surface area contributed by atoms with Crippen LogP contribution in [0.25, 0.3) is 0 Å². The predicted octanol–water partition coefficient (Wildman–Crippen LogP) is 3.34. The topological polar surface area (TPSA) is 62.0 Å². The molecule has 1 aromatic heterocycles. The largest absolute Gasteiger partial charge is 0.341 e. The van der Waals surface area contributed by atoms with Gasteiger partial charge in [0.1, 0.15) is 11.4 Å². The van der Waals surface area contributed by atoms with E-state index in [0.29, 0.717) is 5.69 Å².